The molecule has 3 N–H and O–H groups in total. The van der Waals surface area contributed by atoms with E-state index in [0.717, 1.165) is 11.6 Å². The molecular weight excluding hydrogens is 276 g/mol. The summed E-state index contributed by atoms with van der Waals surface area (Å²) in [5.74, 6) is 0. The lowest BCUT2D eigenvalue weighted by molar-refractivity contribution is -0.511. The third kappa shape index (κ3) is 3.30. The quantitative estimate of drug-likeness (QED) is 0.894. The van der Waals surface area contributed by atoms with Crippen molar-refractivity contribution >= 4 is 16.9 Å². The third-order valence-corrected chi connectivity index (χ3v) is 5.09. The van der Waals surface area contributed by atoms with Crippen molar-refractivity contribution in [1.82, 2.24) is 0 Å². The third-order valence-electron chi connectivity index (χ3n) is 3.96. The molecule has 2 atom stereocenters. The van der Waals surface area contributed by atoms with Crippen molar-refractivity contribution < 1.29 is 4.99 Å². The predicted molar refractivity (Wildman–Crippen MR) is 90.2 cm³/mol. The molecule has 0 bridgehead atoms. The Morgan fingerprint density at radius 2 is 1.43 bits per heavy atom. The average molecular weight is 297 g/mol. The predicted octanol–water partition coefficient (Wildman–Crippen LogP) is 2.62. The van der Waals surface area contributed by atoms with Gasteiger partial charge in [-0.05, 0) is 36.7 Å². The van der Waals surface area contributed by atoms with Gasteiger partial charge in [-0.2, -0.15) is 0 Å². The molecule has 108 valence electrons. The molecule has 1 aliphatic heterocycles. The van der Waals surface area contributed by atoms with Crippen LogP contribution < -0.4 is 10.7 Å². The van der Waals surface area contributed by atoms with E-state index >= 15 is 0 Å². The average Bonchev–Trinajstić information content (AvgIpc) is 2.48. The second-order valence-electron chi connectivity index (χ2n) is 5.72. The van der Waals surface area contributed by atoms with Gasteiger partial charge in [0.15, 0.2) is 0 Å². The van der Waals surface area contributed by atoms with Crippen LogP contribution in [0.1, 0.15) is 40.0 Å². The van der Waals surface area contributed by atoms with E-state index in [2.05, 4.69) is 67.4 Å². The van der Waals surface area contributed by atoms with Gasteiger partial charge in [0.1, 0.15) is 6.04 Å². The van der Waals surface area contributed by atoms with E-state index in [4.69, 9.17) is 5.73 Å². The molecule has 2 aromatic rings. The smallest absolute Gasteiger partial charge is 0.282 e. The number of thioether (sulfide) groups is 1. The Labute approximate surface area is 130 Å². The molecule has 0 spiro atoms. The molecule has 1 heterocycles. The second kappa shape index (κ2) is 5.94. The first-order valence-electron chi connectivity index (χ1n) is 7.30. The lowest BCUT2D eigenvalue weighted by atomic mass is 9.97. The molecule has 3 rings (SSSR count). The maximum absolute atomic E-state index is 6.12. The number of hydrogen-bond acceptors (Lipinski definition) is 2. The molecule has 1 aliphatic rings. The number of nitrogens with two attached hydrogens (primary N) is 1. The molecule has 0 amide bonds. The minimum absolute atomic E-state index is 0.290. The monoisotopic (exact) mass is 297 g/mol. The standard InChI is InChI=1S/C18H20N2S/c1-12-3-7-14(8-4-12)16-11-17(21-18(19)20-16)15-9-5-13(2)6-10-15/h3-10,16-17H,11H2,1-2H3,(H2,19,20)/p+1/t16-,17+/m0/s1. The van der Waals surface area contributed by atoms with Crippen LogP contribution in [0.4, 0.5) is 0 Å². The maximum atomic E-state index is 6.12. The Bertz CT molecular complexity index is 644. The van der Waals surface area contributed by atoms with E-state index in [-0.39, 0.29) is 6.04 Å². The zero-order chi connectivity index (χ0) is 14.8. The highest BCUT2D eigenvalue weighted by Crippen LogP contribution is 2.37. The van der Waals surface area contributed by atoms with Crippen molar-refractivity contribution in [3.8, 4) is 0 Å². The van der Waals surface area contributed by atoms with Gasteiger partial charge in [0.25, 0.3) is 0 Å². The van der Waals surface area contributed by atoms with Crippen molar-refractivity contribution in [3.63, 3.8) is 0 Å². The number of benzene rings is 2. The lowest BCUT2D eigenvalue weighted by Gasteiger charge is -2.23. The summed E-state index contributed by atoms with van der Waals surface area (Å²) in [7, 11) is 0. The summed E-state index contributed by atoms with van der Waals surface area (Å²) < 4.78 is 0. The molecule has 0 saturated carbocycles. The van der Waals surface area contributed by atoms with E-state index in [0.29, 0.717) is 5.25 Å². The number of nitrogens with one attached hydrogen (secondary N) is 1. The fourth-order valence-corrected chi connectivity index (χ4v) is 3.78. The molecule has 0 aromatic heterocycles. The van der Waals surface area contributed by atoms with E-state index in [1.807, 2.05) is 0 Å². The number of hydrogen-bond donors (Lipinski definition) is 2. The fraction of sp³-hybridized carbons (Fsp3) is 0.278. The first kappa shape index (κ1) is 14.2. The topological polar surface area (TPSA) is 40.0 Å². The van der Waals surface area contributed by atoms with E-state index in [1.165, 1.54) is 22.3 Å². The van der Waals surface area contributed by atoms with Gasteiger partial charge < -0.3 is 0 Å². The summed E-state index contributed by atoms with van der Waals surface area (Å²) in [4.78, 5) is 3.42. The highest BCUT2D eigenvalue weighted by Gasteiger charge is 2.28. The second-order valence-corrected chi connectivity index (χ2v) is 6.97. The van der Waals surface area contributed by atoms with Crippen LogP contribution in [0.3, 0.4) is 0 Å². The molecule has 0 radical (unpaired) electrons. The van der Waals surface area contributed by atoms with E-state index in [9.17, 15) is 0 Å². The summed E-state index contributed by atoms with van der Waals surface area (Å²) >= 11 is 1.73. The van der Waals surface area contributed by atoms with Crippen LogP contribution in [0, 0.1) is 13.8 Å². The number of amidine groups is 1. The molecule has 3 heteroatoms. The van der Waals surface area contributed by atoms with Crippen LogP contribution in [0.15, 0.2) is 48.5 Å². The van der Waals surface area contributed by atoms with Gasteiger partial charge in [-0.15, -0.1) is 0 Å². The minimum atomic E-state index is 0.290. The number of rotatable bonds is 2. The van der Waals surface area contributed by atoms with Gasteiger partial charge in [0.2, 0.25) is 0 Å². The van der Waals surface area contributed by atoms with Crippen molar-refractivity contribution in [2.45, 2.75) is 31.6 Å². The van der Waals surface area contributed by atoms with Crippen molar-refractivity contribution in [3.05, 3.63) is 70.8 Å². The van der Waals surface area contributed by atoms with Gasteiger partial charge in [-0.1, -0.05) is 59.7 Å². The van der Waals surface area contributed by atoms with Gasteiger partial charge in [0, 0.05) is 11.7 Å². The maximum Gasteiger partial charge on any atom is 0.303 e. The highest BCUT2D eigenvalue weighted by atomic mass is 32.2. The lowest BCUT2D eigenvalue weighted by Crippen LogP contribution is -2.77. The summed E-state index contributed by atoms with van der Waals surface area (Å²) in [6, 6.07) is 17.8. The first-order chi connectivity index (χ1) is 10.1. The van der Waals surface area contributed by atoms with Crippen molar-refractivity contribution in [1.29, 1.82) is 0 Å². The van der Waals surface area contributed by atoms with Crippen molar-refractivity contribution in [2.24, 2.45) is 5.73 Å². The summed E-state index contributed by atoms with van der Waals surface area (Å²) in [6.45, 7) is 4.23. The normalized spacial score (nSPS) is 21.9. The van der Waals surface area contributed by atoms with Gasteiger partial charge >= 0.3 is 5.17 Å². The summed E-state index contributed by atoms with van der Waals surface area (Å²) in [5, 5.41) is 1.23. The fourth-order valence-electron chi connectivity index (χ4n) is 2.68. The van der Waals surface area contributed by atoms with Gasteiger partial charge in [0.05, 0.1) is 0 Å². The largest absolute Gasteiger partial charge is 0.303 e. The summed E-state index contributed by atoms with van der Waals surface area (Å²) in [6.07, 6.45) is 1.05. The van der Waals surface area contributed by atoms with Crippen LogP contribution in [0.5, 0.6) is 0 Å². The van der Waals surface area contributed by atoms with Crippen LogP contribution in [-0.4, -0.2) is 5.17 Å². The zero-order valence-corrected chi connectivity index (χ0v) is 13.3. The Balaban J connectivity index is 1.85. The molecule has 21 heavy (non-hydrogen) atoms. The van der Waals surface area contributed by atoms with Crippen LogP contribution >= 0.6 is 11.8 Å². The van der Waals surface area contributed by atoms with Gasteiger partial charge in [-0.25, -0.2) is 0 Å². The van der Waals surface area contributed by atoms with Gasteiger partial charge in [-0.3, -0.25) is 10.7 Å². The minimum Gasteiger partial charge on any atom is -0.282 e. The Hall–Kier alpha value is -1.74. The van der Waals surface area contributed by atoms with Crippen LogP contribution in [0.2, 0.25) is 0 Å². The molecule has 0 aliphatic carbocycles. The number of aryl methyl sites for hydroxylation is 2. The van der Waals surface area contributed by atoms with E-state index < -0.39 is 0 Å². The highest BCUT2D eigenvalue weighted by molar-refractivity contribution is 8.13. The van der Waals surface area contributed by atoms with Crippen LogP contribution in [-0.2, 0) is 0 Å². The molecule has 2 aromatic carbocycles. The van der Waals surface area contributed by atoms with E-state index in [1.54, 1.807) is 11.8 Å². The summed E-state index contributed by atoms with van der Waals surface area (Å²) in [5.41, 5.74) is 11.4. The first-order valence-corrected chi connectivity index (χ1v) is 8.18. The van der Waals surface area contributed by atoms with Crippen LogP contribution in [0.25, 0.3) is 0 Å². The molecule has 0 unspecified atom stereocenters. The van der Waals surface area contributed by atoms with Crippen molar-refractivity contribution in [2.75, 3.05) is 0 Å². The molecule has 2 nitrogen and oxygen atoms in total. The molecule has 0 saturated heterocycles. The Morgan fingerprint density at radius 1 is 0.905 bits per heavy atom. The molecular formula is C18H21N2S+. The Morgan fingerprint density at radius 3 is 2.00 bits per heavy atom. The SMILES string of the molecule is Cc1ccc([C@@H]2C[C@H](c3ccc(C)cc3)SC(N)=[NH+]2)cc1. The zero-order valence-electron chi connectivity index (χ0n) is 12.5. The molecule has 0 fully saturated rings. The Kier molecular flexibility index (Phi) is 4.02.